The number of quaternary nitrogens is 2. The third-order valence-electron chi connectivity index (χ3n) is 12.8. The number of nitrogens with zero attached hydrogens (tertiary/aromatic N) is 2. The van der Waals surface area contributed by atoms with Gasteiger partial charge in [-0.2, -0.15) is 0 Å². The second-order valence-corrected chi connectivity index (χ2v) is 22.7. The number of carbonyl (C=O) groups is 2. The van der Waals surface area contributed by atoms with E-state index in [4.69, 9.17) is 0 Å². The van der Waals surface area contributed by atoms with Gasteiger partial charge >= 0.3 is 0 Å². The maximum atomic E-state index is 12.7. The molecule has 0 aromatic heterocycles. The van der Waals surface area contributed by atoms with E-state index in [1.54, 1.807) is 12.1 Å². The molecule has 4 rings (SSSR count). The van der Waals surface area contributed by atoms with Crippen LogP contribution >= 0.6 is 0 Å². The van der Waals surface area contributed by atoms with Crippen LogP contribution in [0.1, 0.15) is 225 Å². The van der Waals surface area contributed by atoms with Gasteiger partial charge in [-0.05, 0) is 62.4 Å². The van der Waals surface area contributed by atoms with E-state index in [9.17, 15) is 22.6 Å². The van der Waals surface area contributed by atoms with E-state index in [1.807, 2.05) is 13.0 Å². The van der Waals surface area contributed by atoms with Crippen LogP contribution in [-0.2, 0) is 16.5 Å². The minimum Gasteiger partial charge on any atom is -0.744 e. The van der Waals surface area contributed by atoms with Crippen molar-refractivity contribution in [1.29, 1.82) is 0 Å². The van der Waals surface area contributed by atoms with Gasteiger partial charge in [-0.1, -0.05) is 186 Å². The van der Waals surface area contributed by atoms with Gasteiger partial charge in [0.15, 0.2) is 5.78 Å². The summed E-state index contributed by atoms with van der Waals surface area (Å²) in [6.45, 7) is 9.13. The fourth-order valence-electron chi connectivity index (χ4n) is 8.77. The fourth-order valence-corrected chi connectivity index (χ4v) is 9.26. The molecule has 8 nitrogen and oxygen atoms in total. The highest BCUT2D eigenvalue weighted by Gasteiger charge is 2.35. The smallest absolute Gasteiger partial charge is 0.211 e. The van der Waals surface area contributed by atoms with Crippen LogP contribution < -0.4 is 5.32 Å². The van der Waals surface area contributed by atoms with E-state index in [2.05, 4.69) is 61.5 Å². The summed E-state index contributed by atoms with van der Waals surface area (Å²) in [7, 11) is 9.12. The molecule has 2 aliphatic rings. The zero-order chi connectivity index (χ0) is 48.1. The number of ketones is 2. The van der Waals surface area contributed by atoms with Gasteiger partial charge in [-0.3, -0.25) is 9.59 Å². The molecule has 1 N–H and O–H groups in total. The zero-order valence-corrected chi connectivity index (χ0v) is 44.0. The Morgan fingerprint density at radius 1 is 0.508 bits per heavy atom. The van der Waals surface area contributed by atoms with Gasteiger partial charge in [0, 0.05) is 28.8 Å². The first-order valence-corrected chi connectivity index (χ1v) is 27.7. The van der Waals surface area contributed by atoms with E-state index in [1.165, 1.54) is 205 Å². The number of benzene rings is 2. The lowest BCUT2D eigenvalue weighted by atomic mass is 10.0. The Balaban J connectivity index is 0.000000340. The zero-order valence-electron chi connectivity index (χ0n) is 43.2. The van der Waals surface area contributed by atoms with Gasteiger partial charge in [0.25, 0.3) is 0 Å². The third-order valence-corrected chi connectivity index (χ3v) is 13.7. The number of allylic oxidation sites excluding steroid dienone is 2. The van der Waals surface area contributed by atoms with Gasteiger partial charge in [0.1, 0.15) is 10.1 Å². The molecule has 0 radical (unpaired) electrons. The highest BCUT2D eigenvalue weighted by molar-refractivity contribution is 7.85. The number of anilines is 1. The molecule has 2 aromatic rings. The highest BCUT2D eigenvalue weighted by atomic mass is 32.2. The van der Waals surface area contributed by atoms with Gasteiger partial charge in [-0.15, -0.1) is 0 Å². The van der Waals surface area contributed by atoms with Gasteiger partial charge in [0.05, 0.1) is 66.0 Å². The van der Waals surface area contributed by atoms with Crippen LogP contribution in [-0.4, -0.2) is 88.9 Å². The molecule has 0 spiro atoms. The number of aryl methyl sites for hydroxylation is 1. The summed E-state index contributed by atoms with van der Waals surface area (Å²) >= 11 is 0. The maximum absolute atomic E-state index is 12.7. The third kappa shape index (κ3) is 25.8. The largest absolute Gasteiger partial charge is 0.744 e. The van der Waals surface area contributed by atoms with Crippen LogP contribution in [0.15, 0.2) is 52.6 Å². The van der Waals surface area contributed by atoms with Crippen molar-refractivity contribution in [1.82, 2.24) is 0 Å². The average molecular weight is 923 g/mol. The molecular weight excluding hydrogens is 827 g/mol. The summed E-state index contributed by atoms with van der Waals surface area (Å²) in [5.74, 6) is -0.688. The summed E-state index contributed by atoms with van der Waals surface area (Å²) in [5.41, 5.74) is 3.34. The second kappa shape index (κ2) is 32.0. The molecule has 0 unspecified atom stereocenters. The summed E-state index contributed by atoms with van der Waals surface area (Å²) in [4.78, 5) is 24.9. The SMILES string of the molecule is CCCCCCCCCCCCCCCC[N+](C)(C)C.CCCCCCCCCCCCCCCC[N+](C)(C)C.Cc1ccc2c(c1)C(=O)/C(=C1\Cc3ccc(S(=O)(=O)[O-])cc3C1=O)N2. The lowest BCUT2D eigenvalue weighted by Gasteiger charge is -2.23. The van der Waals surface area contributed by atoms with Crippen LogP contribution in [0.5, 0.6) is 0 Å². The van der Waals surface area contributed by atoms with Crippen LogP contribution in [0, 0.1) is 6.92 Å². The summed E-state index contributed by atoms with van der Waals surface area (Å²) < 4.78 is 35.7. The molecule has 65 heavy (non-hydrogen) atoms. The number of rotatable bonds is 31. The first-order valence-electron chi connectivity index (χ1n) is 26.3. The Morgan fingerprint density at radius 2 is 0.892 bits per heavy atom. The summed E-state index contributed by atoms with van der Waals surface area (Å²) in [6.07, 6.45) is 41.0. The van der Waals surface area contributed by atoms with E-state index in [-0.39, 0.29) is 29.0 Å². The average Bonchev–Trinajstić information content (AvgIpc) is 3.74. The monoisotopic (exact) mass is 923 g/mol. The van der Waals surface area contributed by atoms with Crippen LogP contribution in [0.2, 0.25) is 0 Å². The van der Waals surface area contributed by atoms with Crippen molar-refractivity contribution in [3.8, 4) is 0 Å². The molecule has 1 aliphatic heterocycles. The van der Waals surface area contributed by atoms with E-state index in [0.717, 1.165) is 20.6 Å². The first kappa shape index (κ1) is 58.3. The van der Waals surface area contributed by atoms with Crippen molar-refractivity contribution in [2.75, 3.05) is 60.7 Å². The lowest BCUT2D eigenvalue weighted by Crippen LogP contribution is -2.35. The van der Waals surface area contributed by atoms with Gasteiger partial charge < -0.3 is 18.8 Å². The normalized spacial score (nSPS) is 14.7. The Kier molecular flexibility index (Phi) is 28.7. The quantitative estimate of drug-likeness (QED) is 0.0350. The standard InChI is InChI=1S/2C19H42N.C18H13NO5S/c2*1-5-6-7-8-9-10-11-12-13-14-15-16-17-18-19-20(2,3)4;1-9-2-5-15-13(6-9)18(21)16(19-15)14-7-10-3-4-11(25(22,23)24)8-12(10)17(14)20/h2*5-19H2,1-4H3;2-6,8,19H,7H2,1H3,(H,22,23,24)/q2*+1;/p-1/b;;16-14-. The lowest BCUT2D eigenvalue weighted by molar-refractivity contribution is -0.870. The Labute approximate surface area is 399 Å². The maximum Gasteiger partial charge on any atom is 0.211 e. The molecule has 1 heterocycles. The van der Waals surface area contributed by atoms with Gasteiger partial charge in [-0.25, -0.2) is 8.42 Å². The van der Waals surface area contributed by atoms with E-state index >= 15 is 0 Å². The molecule has 0 bridgehead atoms. The highest BCUT2D eigenvalue weighted by Crippen LogP contribution is 2.36. The number of fused-ring (bicyclic) bond motifs is 2. The minimum absolute atomic E-state index is 0.154. The van der Waals surface area contributed by atoms with Crippen molar-refractivity contribution in [3.05, 3.63) is 69.9 Å². The van der Waals surface area contributed by atoms with Crippen molar-refractivity contribution in [2.45, 2.75) is 212 Å². The Bertz CT molecular complexity index is 1760. The minimum atomic E-state index is -4.64. The predicted octanol–water partition coefficient (Wildman–Crippen LogP) is 14.5. The van der Waals surface area contributed by atoms with Crippen molar-refractivity contribution in [3.63, 3.8) is 0 Å². The Hall–Kier alpha value is -2.85. The first-order chi connectivity index (χ1) is 30.9. The molecule has 9 heteroatoms. The molecule has 1 aliphatic carbocycles. The number of hydrogen-bond donors (Lipinski definition) is 1. The van der Waals surface area contributed by atoms with Crippen LogP contribution in [0.3, 0.4) is 0 Å². The number of nitrogens with one attached hydrogen (secondary N) is 1. The summed E-state index contributed by atoms with van der Waals surface area (Å²) in [5, 5.41) is 2.99. The molecular formula is C56H96N3O5S+. The molecule has 0 saturated carbocycles. The van der Waals surface area contributed by atoms with Crippen LogP contribution in [0.25, 0.3) is 0 Å². The van der Waals surface area contributed by atoms with Gasteiger partial charge in [0.2, 0.25) is 5.78 Å². The summed E-state index contributed by atoms with van der Waals surface area (Å²) in [6, 6.07) is 9.12. The number of unbranched alkanes of at least 4 members (excludes halogenated alkanes) is 26. The van der Waals surface area contributed by atoms with E-state index in [0.29, 0.717) is 16.8 Å². The second-order valence-electron chi connectivity index (χ2n) is 21.4. The Morgan fingerprint density at radius 3 is 1.26 bits per heavy atom. The molecule has 0 fully saturated rings. The molecule has 0 saturated heterocycles. The molecule has 2 aromatic carbocycles. The predicted molar refractivity (Wildman–Crippen MR) is 275 cm³/mol. The number of Topliss-reactive ketones (excluding diaryl/α,β-unsaturated/α-hetero) is 2. The molecule has 370 valence electrons. The molecule has 0 amide bonds. The number of carbonyl (C=O) groups excluding carboxylic acids is 2. The molecule has 0 atom stereocenters. The van der Waals surface area contributed by atoms with Crippen LogP contribution in [0.4, 0.5) is 5.69 Å². The number of hydrogen-bond acceptors (Lipinski definition) is 6. The van der Waals surface area contributed by atoms with E-state index < -0.39 is 20.8 Å². The van der Waals surface area contributed by atoms with Crippen molar-refractivity contribution in [2.24, 2.45) is 0 Å². The van der Waals surface area contributed by atoms with Crippen molar-refractivity contribution < 1.29 is 31.5 Å². The topological polar surface area (TPSA) is 103 Å². The fraction of sp³-hybridized carbons (Fsp3) is 0.714. The van der Waals surface area contributed by atoms with Crippen molar-refractivity contribution >= 4 is 27.4 Å².